The van der Waals surface area contributed by atoms with Crippen LogP contribution in [-0.4, -0.2) is 37.6 Å². The molecule has 3 aromatic carbocycles. The van der Waals surface area contributed by atoms with Crippen molar-refractivity contribution in [1.29, 1.82) is 0 Å². The molecule has 0 bridgehead atoms. The van der Waals surface area contributed by atoms with Gasteiger partial charge in [-0.15, -0.1) is 0 Å². The fourth-order valence-corrected chi connectivity index (χ4v) is 6.19. The summed E-state index contributed by atoms with van der Waals surface area (Å²) in [6.07, 6.45) is 3.69. The second kappa shape index (κ2) is 11.4. The highest BCUT2D eigenvalue weighted by Gasteiger charge is 2.44. The van der Waals surface area contributed by atoms with Crippen molar-refractivity contribution in [2.75, 3.05) is 23.4 Å². The van der Waals surface area contributed by atoms with E-state index in [9.17, 15) is 13.2 Å². The maximum absolute atomic E-state index is 15.1. The van der Waals surface area contributed by atoms with E-state index in [0.717, 1.165) is 58.5 Å². The molecule has 1 fully saturated rings. The van der Waals surface area contributed by atoms with Gasteiger partial charge in [0.2, 0.25) is 0 Å². The summed E-state index contributed by atoms with van der Waals surface area (Å²) in [6, 6.07) is 17.3. The highest BCUT2D eigenvalue weighted by Crippen LogP contribution is 2.47. The molecule has 8 heteroatoms. The Morgan fingerprint density at radius 3 is 2.49 bits per heavy atom. The molecule has 0 spiro atoms. The monoisotopic (exact) mass is 551 g/mol. The lowest BCUT2D eigenvalue weighted by Gasteiger charge is -2.15. The van der Waals surface area contributed by atoms with Gasteiger partial charge in [-0.3, -0.25) is 4.79 Å². The van der Waals surface area contributed by atoms with Crippen LogP contribution in [0.15, 0.2) is 54.6 Å². The van der Waals surface area contributed by atoms with Crippen molar-refractivity contribution in [2.24, 2.45) is 5.92 Å². The third-order valence-electron chi connectivity index (χ3n) is 7.77. The molecule has 0 amide bonds. The van der Waals surface area contributed by atoms with E-state index in [1.165, 1.54) is 0 Å². The van der Waals surface area contributed by atoms with Crippen LogP contribution in [0.3, 0.4) is 0 Å². The zero-order valence-electron chi connectivity index (χ0n) is 22.1. The van der Waals surface area contributed by atoms with E-state index >= 15 is 4.39 Å². The number of aryl methyl sites for hydroxylation is 2. The number of benzene rings is 3. The minimum Gasteiger partial charge on any atom is -0.494 e. The van der Waals surface area contributed by atoms with E-state index in [1.807, 2.05) is 48.5 Å². The fourth-order valence-electron chi connectivity index (χ4n) is 5.35. The molecule has 5 rings (SSSR count). The zero-order chi connectivity index (χ0) is 27.6. The first-order chi connectivity index (χ1) is 18.7. The van der Waals surface area contributed by atoms with Crippen molar-refractivity contribution in [3.63, 3.8) is 0 Å². The summed E-state index contributed by atoms with van der Waals surface area (Å²) in [5.74, 6) is -0.184. The number of hydrogen-bond donors (Lipinski definition) is 2. The molecule has 0 aliphatic heterocycles. The van der Waals surface area contributed by atoms with Gasteiger partial charge in [0.05, 0.1) is 18.3 Å². The van der Waals surface area contributed by atoms with Gasteiger partial charge in [0, 0.05) is 23.5 Å². The molecule has 0 unspecified atom stereocenters. The quantitative estimate of drug-likeness (QED) is 0.285. The van der Waals surface area contributed by atoms with Crippen molar-refractivity contribution >= 4 is 21.5 Å². The molecule has 1 saturated carbocycles. The lowest BCUT2D eigenvalue weighted by Crippen LogP contribution is -2.11. The van der Waals surface area contributed by atoms with E-state index in [4.69, 9.17) is 9.84 Å². The van der Waals surface area contributed by atoms with Crippen LogP contribution in [0.1, 0.15) is 54.4 Å². The minimum absolute atomic E-state index is 0.0850. The predicted molar refractivity (Wildman–Crippen MR) is 151 cm³/mol. The highest BCUT2D eigenvalue weighted by atomic mass is 32.2. The lowest BCUT2D eigenvalue weighted by atomic mass is 9.94. The number of hydrogen-bond acceptors (Lipinski definition) is 5. The number of carboxylic acids is 1. The highest BCUT2D eigenvalue weighted by molar-refractivity contribution is 7.91. The van der Waals surface area contributed by atoms with Gasteiger partial charge in [-0.2, -0.15) is 0 Å². The maximum atomic E-state index is 15.1. The number of halogens is 1. The number of aliphatic carboxylic acids is 1. The van der Waals surface area contributed by atoms with Crippen molar-refractivity contribution < 1.29 is 27.4 Å². The molecule has 0 radical (unpaired) electrons. The molecule has 2 aliphatic carbocycles. The summed E-state index contributed by atoms with van der Waals surface area (Å²) in [5.41, 5.74) is 6.71. The van der Waals surface area contributed by atoms with Gasteiger partial charge in [0.1, 0.15) is 21.4 Å². The smallest absolute Gasteiger partial charge is 0.307 e. The Bertz CT molecular complexity index is 1470. The molecule has 2 aliphatic rings. The van der Waals surface area contributed by atoms with Crippen LogP contribution >= 0.6 is 0 Å². The molecule has 0 heterocycles. The Labute approximate surface area is 229 Å². The number of ether oxygens (including phenoxy) is 1. The van der Waals surface area contributed by atoms with Gasteiger partial charge in [-0.1, -0.05) is 25.1 Å². The van der Waals surface area contributed by atoms with Crippen LogP contribution < -0.4 is 10.1 Å². The van der Waals surface area contributed by atoms with E-state index in [0.29, 0.717) is 31.6 Å². The Balaban J connectivity index is 1.27. The van der Waals surface area contributed by atoms with Crippen LogP contribution in [0.5, 0.6) is 5.75 Å². The van der Waals surface area contributed by atoms with E-state index in [1.54, 1.807) is 13.0 Å². The second-order valence-corrected chi connectivity index (χ2v) is 12.9. The molecule has 0 aromatic heterocycles. The number of carbonyl (C=O) groups is 1. The summed E-state index contributed by atoms with van der Waals surface area (Å²) < 4.78 is 44.3. The van der Waals surface area contributed by atoms with E-state index < -0.39 is 15.8 Å². The number of anilines is 1. The molecule has 2 atom stereocenters. The molecule has 6 nitrogen and oxygen atoms in total. The van der Waals surface area contributed by atoms with Crippen molar-refractivity contribution in [3.8, 4) is 16.9 Å². The Hall–Kier alpha value is -3.39. The van der Waals surface area contributed by atoms with E-state index in [-0.39, 0.29) is 29.2 Å². The molecule has 3 aromatic rings. The minimum atomic E-state index is -3.00. The third-order valence-corrected chi connectivity index (χ3v) is 9.56. The third kappa shape index (κ3) is 6.44. The van der Waals surface area contributed by atoms with Gasteiger partial charge < -0.3 is 15.2 Å². The van der Waals surface area contributed by atoms with Crippen molar-refractivity contribution in [1.82, 2.24) is 0 Å². The molecule has 2 N–H and O–H groups in total. The number of nitrogens with one attached hydrogen (secondary N) is 1. The van der Waals surface area contributed by atoms with Gasteiger partial charge in [0.15, 0.2) is 0 Å². The van der Waals surface area contributed by atoms with Crippen LogP contribution in [0, 0.1) is 11.7 Å². The van der Waals surface area contributed by atoms with Crippen LogP contribution in [0.25, 0.3) is 11.1 Å². The van der Waals surface area contributed by atoms with Gasteiger partial charge in [-0.25, -0.2) is 12.8 Å². The average molecular weight is 552 g/mol. The second-order valence-electron chi connectivity index (χ2n) is 10.5. The largest absolute Gasteiger partial charge is 0.494 e. The summed E-state index contributed by atoms with van der Waals surface area (Å²) in [7, 11) is -3.00. The molecule has 39 heavy (non-hydrogen) atoms. The molecular formula is C31H34FNO5S. The van der Waals surface area contributed by atoms with Crippen molar-refractivity contribution in [2.45, 2.75) is 51.5 Å². The summed E-state index contributed by atoms with van der Waals surface area (Å²) in [6.45, 7) is 2.33. The fraction of sp³-hybridized carbons (Fsp3) is 0.387. The Morgan fingerprint density at radius 1 is 1.05 bits per heavy atom. The van der Waals surface area contributed by atoms with Crippen LogP contribution in [0.4, 0.5) is 10.1 Å². The lowest BCUT2D eigenvalue weighted by molar-refractivity contribution is -0.138. The topological polar surface area (TPSA) is 92.7 Å². The van der Waals surface area contributed by atoms with Gasteiger partial charge in [0.25, 0.3) is 0 Å². The first kappa shape index (κ1) is 27.2. The van der Waals surface area contributed by atoms with Gasteiger partial charge >= 0.3 is 5.97 Å². The molecule has 0 saturated heterocycles. The maximum Gasteiger partial charge on any atom is 0.307 e. The van der Waals surface area contributed by atoms with Crippen molar-refractivity contribution in [3.05, 3.63) is 82.7 Å². The normalized spacial score (nSPS) is 18.0. The number of fused-ring (bicyclic) bond motifs is 3. The molecular weight excluding hydrogens is 517 g/mol. The van der Waals surface area contributed by atoms with Crippen LogP contribution in [-0.2, 0) is 34.0 Å². The molecule has 206 valence electrons. The average Bonchev–Trinajstić information content (AvgIpc) is 3.74. The standard InChI is InChI=1S/C31H34FNO5S/c1-2-39(36,37)14-4-13-38-25-11-12-26-21(15-25)5-3-6-22-17-30(32)23(16-27(22)26)19-33-24-9-7-20(8-10-24)28-18-29(28)31(34)35/h7-12,15-17,28-29,33H,2-6,13-14,18-19H2,1H3,(H,34,35)/t28-,29+/m1/s1. The summed E-state index contributed by atoms with van der Waals surface area (Å²) in [5, 5.41) is 12.5. The number of carboxylic acid groups (broad SMARTS) is 1. The predicted octanol–water partition coefficient (Wildman–Crippen LogP) is 5.99. The zero-order valence-corrected chi connectivity index (χ0v) is 22.9. The Morgan fingerprint density at radius 2 is 1.79 bits per heavy atom. The number of rotatable bonds is 11. The Kier molecular flexibility index (Phi) is 7.93. The first-order valence-electron chi connectivity index (χ1n) is 13.6. The van der Waals surface area contributed by atoms with E-state index in [2.05, 4.69) is 5.32 Å². The SMILES string of the molecule is CCS(=O)(=O)CCCOc1ccc2c(c1)CCCc1cc(F)c(CNc3ccc([C@H]4C[C@@H]4C(=O)O)cc3)cc1-2. The van der Waals surface area contributed by atoms with Crippen LogP contribution in [0.2, 0.25) is 0 Å². The summed E-state index contributed by atoms with van der Waals surface area (Å²) in [4.78, 5) is 11.1. The first-order valence-corrected chi connectivity index (χ1v) is 15.4. The van der Waals surface area contributed by atoms with Gasteiger partial charge in [-0.05, 0) is 102 Å². The summed E-state index contributed by atoms with van der Waals surface area (Å²) >= 11 is 0. The number of sulfone groups is 1.